The minimum absolute atomic E-state index is 0.0434. The molecule has 1 rings (SSSR count). The highest BCUT2D eigenvalue weighted by molar-refractivity contribution is 5.81. The van der Waals surface area contributed by atoms with Gasteiger partial charge in [-0.05, 0) is 32.4 Å². The van der Waals surface area contributed by atoms with E-state index in [0.717, 1.165) is 11.3 Å². The van der Waals surface area contributed by atoms with Crippen LogP contribution >= 0.6 is 0 Å². The van der Waals surface area contributed by atoms with Gasteiger partial charge < -0.3 is 10.6 Å². The molecular formula is C13H21N3O. The molecule has 0 bridgehead atoms. The number of carbonyl (C=O) groups is 1. The van der Waals surface area contributed by atoms with Crippen molar-refractivity contribution in [1.29, 1.82) is 0 Å². The molecule has 0 radical (unpaired) electrons. The molecule has 1 heterocycles. The maximum atomic E-state index is 11.6. The average Bonchev–Trinajstić information content (AvgIpc) is 2.30. The molecule has 0 saturated carbocycles. The minimum atomic E-state index is -0.403. The van der Waals surface area contributed by atoms with Gasteiger partial charge in [0.1, 0.15) is 0 Å². The molecule has 0 aliphatic heterocycles. The Hall–Kier alpha value is -1.42. The van der Waals surface area contributed by atoms with Crippen LogP contribution in [0.25, 0.3) is 0 Å². The lowest BCUT2D eigenvalue weighted by atomic mass is 9.92. The standard InChI is InChI=1S/C13H21N3O/c1-10-5-6-11(16-7-10)8-15-9-13(2,3)12(17)14-4/h5-7,15H,8-9H2,1-4H3,(H,14,17). The van der Waals surface area contributed by atoms with E-state index in [2.05, 4.69) is 15.6 Å². The lowest BCUT2D eigenvalue weighted by Gasteiger charge is -2.22. The highest BCUT2D eigenvalue weighted by atomic mass is 16.2. The molecule has 0 fully saturated rings. The summed E-state index contributed by atoms with van der Waals surface area (Å²) < 4.78 is 0. The Balaban J connectivity index is 2.42. The van der Waals surface area contributed by atoms with Crippen LogP contribution in [0.2, 0.25) is 0 Å². The third kappa shape index (κ3) is 4.15. The molecule has 1 aromatic heterocycles. The summed E-state index contributed by atoms with van der Waals surface area (Å²) in [7, 11) is 1.66. The van der Waals surface area contributed by atoms with Crippen LogP contribution in [0.3, 0.4) is 0 Å². The maximum Gasteiger partial charge on any atom is 0.226 e. The Labute approximate surface area is 103 Å². The number of aryl methyl sites for hydroxylation is 1. The monoisotopic (exact) mass is 235 g/mol. The zero-order chi connectivity index (χ0) is 12.9. The molecule has 1 amide bonds. The van der Waals surface area contributed by atoms with Gasteiger partial charge in [0.15, 0.2) is 0 Å². The normalized spacial score (nSPS) is 11.3. The Morgan fingerprint density at radius 2 is 2.12 bits per heavy atom. The number of hydrogen-bond donors (Lipinski definition) is 2. The number of pyridine rings is 1. The van der Waals surface area contributed by atoms with E-state index in [-0.39, 0.29) is 5.91 Å². The van der Waals surface area contributed by atoms with Gasteiger partial charge in [-0.15, -0.1) is 0 Å². The smallest absolute Gasteiger partial charge is 0.226 e. The Kier molecular flexibility index (Phi) is 4.63. The fraction of sp³-hybridized carbons (Fsp3) is 0.538. The van der Waals surface area contributed by atoms with Crippen LogP contribution in [0.15, 0.2) is 18.3 Å². The average molecular weight is 235 g/mol. The third-order valence-corrected chi connectivity index (χ3v) is 2.69. The quantitative estimate of drug-likeness (QED) is 0.807. The molecule has 17 heavy (non-hydrogen) atoms. The van der Waals surface area contributed by atoms with Crippen molar-refractivity contribution in [3.8, 4) is 0 Å². The van der Waals surface area contributed by atoms with E-state index in [1.807, 2.05) is 39.1 Å². The molecule has 94 valence electrons. The van der Waals surface area contributed by atoms with Crippen molar-refractivity contribution in [2.75, 3.05) is 13.6 Å². The van der Waals surface area contributed by atoms with Crippen molar-refractivity contribution in [2.45, 2.75) is 27.3 Å². The SMILES string of the molecule is CNC(=O)C(C)(C)CNCc1ccc(C)cn1. The second-order valence-corrected chi connectivity index (χ2v) is 4.89. The molecule has 0 atom stereocenters. The summed E-state index contributed by atoms with van der Waals surface area (Å²) in [5.74, 6) is 0.0434. The molecule has 0 saturated heterocycles. The first-order valence-corrected chi connectivity index (χ1v) is 5.80. The second kappa shape index (κ2) is 5.77. The molecule has 4 heteroatoms. The van der Waals surface area contributed by atoms with Gasteiger partial charge in [0.25, 0.3) is 0 Å². The Bertz CT molecular complexity index is 371. The molecule has 0 aliphatic carbocycles. The van der Waals surface area contributed by atoms with Gasteiger partial charge in [-0.25, -0.2) is 0 Å². The van der Waals surface area contributed by atoms with Crippen LogP contribution in [0.1, 0.15) is 25.1 Å². The number of hydrogen-bond acceptors (Lipinski definition) is 3. The zero-order valence-corrected chi connectivity index (χ0v) is 11.0. The largest absolute Gasteiger partial charge is 0.359 e. The Morgan fingerprint density at radius 3 is 2.65 bits per heavy atom. The zero-order valence-electron chi connectivity index (χ0n) is 11.0. The van der Waals surface area contributed by atoms with E-state index in [9.17, 15) is 4.79 Å². The van der Waals surface area contributed by atoms with Crippen LogP contribution in [0.4, 0.5) is 0 Å². The second-order valence-electron chi connectivity index (χ2n) is 4.89. The summed E-state index contributed by atoms with van der Waals surface area (Å²) in [5, 5.41) is 5.92. The molecule has 0 unspecified atom stereocenters. The van der Waals surface area contributed by atoms with Crippen LogP contribution < -0.4 is 10.6 Å². The number of rotatable bonds is 5. The van der Waals surface area contributed by atoms with E-state index < -0.39 is 5.41 Å². The van der Waals surface area contributed by atoms with E-state index >= 15 is 0 Å². The van der Waals surface area contributed by atoms with Gasteiger partial charge in [-0.2, -0.15) is 0 Å². The molecular weight excluding hydrogens is 214 g/mol. The van der Waals surface area contributed by atoms with Gasteiger partial charge in [-0.1, -0.05) is 6.07 Å². The van der Waals surface area contributed by atoms with Crippen molar-refractivity contribution < 1.29 is 4.79 Å². The van der Waals surface area contributed by atoms with Crippen molar-refractivity contribution >= 4 is 5.91 Å². The highest BCUT2D eigenvalue weighted by Crippen LogP contribution is 2.13. The van der Waals surface area contributed by atoms with E-state index in [4.69, 9.17) is 0 Å². The molecule has 1 aromatic rings. The lowest BCUT2D eigenvalue weighted by Crippen LogP contribution is -2.41. The fourth-order valence-electron chi connectivity index (χ4n) is 1.52. The summed E-state index contributed by atoms with van der Waals surface area (Å²) in [6.45, 7) is 7.16. The van der Waals surface area contributed by atoms with Crippen molar-refractivity contribution in [2.24, 2.45) is 5.41 Å². The maximum absolute atomic E-state index is 11.6. The lowest BCUT2D eigenvalue weighted by molar-refractivity contribution is -0.128. The van der Waals surface area contributed by atoms with Gasteiger partial charge in [0.2, 0.25) is 5.91 Å². The first-order chi connectivity index (χ1) is 7.95. The van der Waals surface area contributed by atoms with Gasteiger partial charge in [-0.3, -0.25) is 9.78 Å². The predicted octanol–water partition coefficient (Wildman–Crippen LogP) is 1.25. The summed E-state index contributed by atoms with van der Waals surface area (Å²) in [6.07, 6.45) is 1.85. The van der Waals surface area contributed by atoms with E-state index in [1.165, 1.54) is 0 Å². The molecule has 2 N–H and O–H groups in total. The van der Waals surface area contributed by atoms with Crippen LogP contribution in [-0.2, 0) is 11.3 Å². The predicted molar refractivity (Wildman–Crippen MR) is 68.5 cm³/mol. The van der Waals surface area contributed by atoms with Crippen LogP contribution in [0.5, 0.6) is 0 Å². The van der Waals surface area contributed by atoms with Crippen molar-refractivity contribution in [3.05, 3.63) is 29.6 Å². The number of nitrogens with zero attached hydrogens (tertiary/aromatic N) is 1. The summed E-state index contributed by atoms with van der Waals surface area (Å²) in [6, 6.07) is 4.03. The number of amides is 1. The molecule has 4 nitrogen and oxygen atoms in total. The van der Waals surface area contributed by atoms with E-state index in [0.29, 0.717) is 13.1 Å². The van der Waals surface area contributed by atoms with Gasteiger partial charge >= 0.3 is 0 Å². The number of nitrogens with one attached hydrogen (secondary N) is 2. The minimum Gasteiger partial charge on any atom is -0.359 e. The third-order valence-electron chi connectivity index (χ3n) is 2.69. The summed E-state index contributed by atoms with van der Waals surface area (Å²) in [5.41, 5.74) is 1.74. The van der Waals surface area contributed by atoms with Crippen molar-refractivity contribution in [1.82, 2.24) is 15.6 Å². The van der Waals surface area contributed by atoms with Crippen LogP contribution in [-0.4, -0.2) is 24.5 Å². The number of aromatic nitrogens is 1. The molecule has 0 aromatic carbocycles. The first kappa shape index (κ1) is 13.6. The van der Waals surface area contributed by atoms with Crippen LogP contribution in [0, 0.1) is 12.3 Å². The first-order valence-electron chi connectivity index (χ1n) is 5.80. The van der Waals surface area contributed by atoms with Gasteiger partial charge in [0.05, 0.1) is 11.1 Å². The van der Waals surface area contributed by atoms with E-state index in [1.54, 1.807) is 7.05 Å². The Morgan fingerprint density at radius 1 is 1.41 bits per heavy atom. The molecule has 0 spiro atoms. The highest BCUT2D eigenvalue weighted by Gasteiger charge is 2.25. The topological polar surface area (TPSA) is 54.0 Å². The summed E-state index contributed by atoms with van der Waals surface area (Å²) in [4.78, 5) is 15.9. The van der Waals surface area contributed by atoms with Gasteiger partial charge in [0, 0.05) is 26.3 Å². The fourth-order valence-corrected chi connectivity index (χ4v) is 1.52. The molecule has 0 aliphatic rings. The number of carbonyl (C=O) groups excluding carboxylic acids is 1. The summed E-state index contributed by atoms with van der Waals surface area (Å²) >= 11 is 0. The van der Waals surface area contributed by atoms with Crippen molar-refractivity contribution in [3.63, 3.8) is 0 Å².